The van der Waals surface area contributed by atoms with Crippen molar-refractivity contribution in [1.82, 2.24) is 14.1 Å². The predicted molar refractivity (Wildman–Crippen MR) is 137 cm³/mol. The molecule has 0 saturated carbocycles. The van der Waals surface area contributed by atoms with Crippen molar-refractivity contribution in [2.24, 2.45) is 14.1 Å². The van der Waals surface area contributed by atoms with Crippen molar-refractivity contribution in [3.05, 3.63) is 116 Å². The van der Waals surface area contributed by atoms with Crippen molar-refractivity contribution < 1.29 is 5.11 Å². The number of hydrogen-bond donors (Lipinski definition) is 1. The van der Waals surface area contributed by atoms with Gasteiger partial charge in [0.2, 0.25) is 0 Å². The van der Waals surface area contributed by atoms with Gasteiger partial charge in [0.1, 0.15) is 5.75 Å². The highest BCUT2D eigenvalue weighted by Crippen LogP contribution is 2.39. The molecule has 1 N–H and O–H groups in total. The third-order valence-corrected chi connectivity index (χ3v) is 6.66. The Hall–Kier alpha value is -3.54. The molecular formula is C27H21Cl2N3O2. The van der Waals surface area contributed by atoms with Crippen LogP contribution in [0.4, 0.5) is 0 Å². The quantitative estimate of drug-likeness (QED) is 0.330. The number of phenols is 1. The number of hydrogen-bond acceptors (Lipinski definition) is 3. The van der Waals surface area contributed by atoms with Crippen LogP contribution < -0.4 is 5.56 Å². The first kappa shape index (κ1) is 22.3. The number of nitrogens with zero attached hydrogens (tertiary/aromatic N) is 3. The van der Waals surface area contributed by atoms with Gasteiger partial charge in [0.15, 0.2) is 0 Å². The van der Waals surface area contributed by atoms with Crippen LogP contribution in [0.5, 0.6) is 5.75 Å². The molecule has 0 fully saturated rings. The lowest BCUT2D eigenvalue weighted by molar-refractivity contribution is 0.466. The summed E-state index contributed by atoms with van der Waals surface area (Å²) in [6, 6.07) is 20.2. The molecule has 0 bridgehead atoms. The fourth-order valence-electron chi connectivity index (χ4n) is 4.47. The molecule has 7 heteroatoms. The molecule has 1 atom stereocenters. The van der Waals surface area contributed by atoms with Crippen LogP contribution in [0.1, 0.15) is 22.7 Å². The van der Waals surface area contributed by atoms with E-state index in [2.05, 4.69) is 11.1 Å². The van der Waals surface area contributed by atoms with Crippen LogP contribution in [0, 0.1) is 0 Å². The molecule has 0 aliphatic carbocycles. The zero-order chi connectivity index (χ0) is 24.0. The Morgan fingerprint density at radius 2 is 1.74 bits per heavy atom. The van der Waals surface area contributed by atoms with E-state index in [0.29, 0.717) is 15.6 Å². The average molecular weight is 490 g/mol. The van der Waals surface area contributed by atoms with Gasteiger partial charge >= 0.3 is 0 Å². The number of halogens is 2. The number of rotatable bonds is 4. The van der Waals surface area contributed by atoms with E-state index in [1.807, 2.05) is 54.1 Å². The summed E-state index contributed by atoms with van der Waals surface area (Å²) in [4.78, 5) is 17.0. The minimum Gasteiger partial charge on any atom is -0.508 e. The van der Waals surface area contributed by atoms with Gasteiger partial charge in [-0.1, -0.05) is 47.5 Å². The summed E-state index contributed by atoms with van der Waals surface area (Å²) in [5.74, 6) is -0.201. The van der Waals surface area contributed by atoms with E-state index in [4.69, 9.17) is 23.2 Å². The zero-order valence-corrected chi connectivity index (χ0v) is 20.0. The third kappa shape index (κ3) is 3.87. The summed E-state index contributed by atoms with van der Waals surface area (Å²) < 4.78 is 3.56. The molecule has 2 heterocycles. The Morgan fingerprint density at radius 3 is 2.44 bits per heavy atom. The highest BCUT2D eigenvalue weighted by Gasteiger charge is 2.24. The summed E-state index contributed by atoms with van der Waals surface area (Å²) in [6.07, 6.45) is 3.53. The van der Waals surface area contributed by atoms with Crippen molar-refractivity contribution in [2.75, 3.05) is 0 Å². The molecule has 170 valence electrons. The SMILES string of the molecule is Cn1cncc1C(c1ccc2c(c1)c(-c1cccc(Cl)c1)cc(=O)n2C)c1ccc(Cl)cc1O. The first-order valence-corrected chi connectivity index (χ1v) is 11.4. The molecule has 0 saturated heterocycles. The van der Waals surface area contributed by atoms with Crippen LogP contribution in [0.2, 0.25) is 10.0 Å². The first-order valence-electron chi connectivity index (χ1n) is 10.7. The van der Waals surface area contributed by atoms with E-state index in [9.17, 15) is 9.90 Å². The molecule has 1 unspecified atom stereocenters. The molecule has 5 rings (SSSR count). The number of aryl methyl sites for hydroxylation is 2. The smallest absolute Gasteiger partial charge is 0.251 e. The lowest BCUT2D eigenvalue weighted by Crippen LogP contribution is -2.16. The van der Waals surface area contributed by atoms with E-state index in [0.717, 1.165) is 33.3 Å². The highest BCUT2D eigenvalue weighted by atomic mass is 35.5. The molecule has 2 aromatic heterocycles. The lowest BCUT2D eigenvalue weighted by Gasteiger charge is -2.21. The van der Waals surface area contributed by atoms with Gasteiger partial charge < -0.3 is 14.2 Å². The van der Waals surface area contributed by atoms with Gasteiger partial charge in [-0.25, -0.2) is 4.98 Å². The van der Waals surface area contributed by atoms with Crippen molar-refractivity contribution in [3.8, 4) is 16.9 Å². The fraction of sp³-hybridized carbons (Fsp3) is 0.111. The van der Waals surface area contributed by atoms with Crippen molar-refractivity contribution in [2.45, 2.75) is 5.92 Å². The van der Waals surface area contributed by atoms with Crippen molar-refractivity contribution in [1.29, 1.82) is 0 Å². The largest absolute Gasteiger partial charge is 0.508 e. The number of aromatic hydroxyl groups is 1. The van der Waals surface area contributed by atoms with Gasteiger partial charge in [-0.3, -0.25) is 4.79 Å². The highest BCUT2D eigenvalue weighted by molar-refractivity contribution is 6.31. The first-order chi connectivity index (χ1) is 16.3. The molecule has 34 heavy (non-hydrogen) atoms. The normalized spacial score (nSPS) is 12.2. The number of aromatic nitrogens is 3. The maximum Gasteiger partial charge on any atom is 0.251 e. The number of fused-ring (bicyclic) bond motifs is 1. The van der Waals surface area contributed by atoms with Gasteiger partial charge in [-0.15, -0.1) is 0 Å². The Kier molecular flexibility index (Phi) is 5.68. The Morgan fingerprint density at radius 1 is 0.941 bits per heavy atom. The Bertz CT molecular complexity index is 1600. The third-order valence-electron chi connectivity index (χ3n) is 6.19. The number of pyridine rings is 1. The zero-order valence-electron chi connectivity index (χ0n) is 18.5. The molecule has 5 nitrogen and oxygen atoms in total. The summed E-state index contributed by atoms with van der Waals surface area (Å²) in [5.41, 5.74) is 4.91. The van der Waals surface area contributed by atoms with Gasteiger partial charge in [-0.05, 0) is 53.1 Å². The second kappa shape index (κ2) is 8.67. The minimum absolute atomic E-state index is 0.103. The van der Waals surface area contributed by atoms with Crippen LogP contribution in [-0.4, -0.2) is 19.2 Å². The number of phenolic OH excluding ortho intramolecular Hbond substituents is 1. The summed E-state index contributed by atoms with van der Waals surface area (Å²) in [5, 5.41) is 12.8. The maximum absolute atomic E-state index is 12.7. The van der Waals surface area contributed by atoms with Crippen LogP contribution in [0.15, 0.2) is 84.0 Å². The number of imidazole rings is 1. The molecule has 0 radical (unpaired) electrons. The minimum atomic E-state index is -0.307. The van der Waals surface area contributed by atoms with Gasteiger partial charge in [-0.2, -0.15) is 0 Å². The van der Waals surface area contributed by atoms with E-state index in [-0.39, 0.29) is 17.2 Å². The monoisotopic (exact) mass is 489 g/mol. The van der Waals surface area contributed by atoms with Crippen LogP contribution in [-0.2, 0) is 14.1 Å². The number of benzene rings is 3. The maximum atomic E-state index is 12.7. The van der Waals surface area contributed by atoms with E-state index < -0.39 is 0 Å². The van der Waals surface area contributed by atoms with E-state index in [1.54, 1.807) is 42.3 Å². The Balaban J connectivity index is 1.81. The molecule has 0 aliphatic heterocycles. The standard InChI is InChI=1S/C27H21Cl2N3O2/c1-31-15-30-14-24(31)27(20-8-7-19(29)12-25(20)33)17-6-9-23-22(11-17)21(13-26(34)32(23)2)16-4-3-5-18(28)10-16/h3-15,27,33H,1-2H3. The van der Waals surface area contributed by atoms with Gasteiger partial charge in [0.05, 0.1) is 17.8 Å². The second-order valence-electron chi connectivity index (χ2n) is 8.31. The van der Waals surface area contributed by atoms with Crippen molar-refractivity contribution in [3.63, 3.8) is 0 Å². The summed E-state index contributed by atoms with van der Waals surface area (Å²) >= 11 is 12.4. The molecule has 3 aromatic carbocycles. The van der Waals surface area contributed by atoms with Crippen LogP contribution in [0.25, 0.3) is 22.0 Å². The van der Waals surface area contributed by atoms with Gasteiger partial charge in [0, 0.05) is 53.0 Å². The van der Waals surface area contributed by atoms with Gasteiger partial charge in [0.25, 0.3) is 5.56 Å². The van der Waals surface area contributed by atoms with Crippen LogP contribution in [0.3, 0.4) is 0 Å². The molecule has 0 amide bonds. The van der Waals surface area contributed by atoms with Crippen molar-refractivity contribution >= 4 is 34.1 Å². The topological polar surface area (TPSA) is 60.0 Å². The van der Waals surface area contributed by atoms with E-state index in [1.165, 1.54) is 0 Å². The fourth-order valence-corrected chi connectivity index (χ4v) is 4.83. The summed E-state index contributed by atoms with van der Waals surface area (Å²) in [7, 11) is 3.68. The average Bonchev–Trinajstić information content (AvgIpc) is 3.23. The summed E-state index contributed by atoms with van der Waals surface area (Å²) in [6.45, 7) is 0. The molecule has 0 aliphatic rings. The molecule has 0 spiro atoms. The molecular weight excluding hydrogens is 469 g/mol. The lowest BCUT2D eigenvalue weighted by atomic mass is 9.86. The van der Waals surface area contributed by atoms with E-state index >= 15 is 0 Å². The Labute approximate surface area is 206 Å². The molecule has 5 aromatic rings. The second-order valence-corrected chi connectivity index (χ2v) is 9.18. The predicted octanol–water partition coefficient (Wildman–Crippen LogP) is 6.13. The van der Waals surface area contributed by atoms with Crippen LogP contribution >= 0.6 is 23.2 Å².